The van der Waals surface area contributed by atoms with E-state index in [1.807, 2.05) is 49.4 Å². The topological polar surface area (TPSA) is 104 Å². The molecule has 0 radical (unpaired) electrons. The quantitative estimate of drug-likeness (QED) is 0.288. The van der Waals surface area contributed by atoms with Gasteiger partial charge in [-0.3, -0.25) is 9.69 Å². The molecule has 1 atom stereocenters. The number of aliphatic carboxylic acids is 1. The average molecular weight is 577 g/mol. The van der Waals surface area contributed by atoms with Gasteiger partial charge >= 0.3 is 5.97 Å². The lowest BCUT2D eigenvalue weighted by atomic mass is 9.92. The van der Waals surface area contributed by atoms with Gasteiger partial charge in [0.05, 0.1) is 5.75 Å². The fraction of sp³-hybridized carbons (Fsp3) is 0.394. The number of carbonyl (C=O) groups excluding carboxylic acids is 1. The van der Waals surface area contributed by atoms with Crippen LogP contribution in [0.3, 0.4) is 0 Å². The molecule has 1 saturated carbocycles. The van der Waals surface area contributed by atoms with Gasteiger partial charge in [-0.15, -0.1) is 0 Å². The summed E-state index contributed by atoms with van der Waals surface area (Å²) in [4.78, 5) is 27.9. The number of sulfone groups is 1. The lowest BCUT2D eigenvalue weighted by Crippen LogP contribution is -2.43. The summed E-state index contributed by atoms with van der Waals surface area (Å²) in [5, 5.41) is 12.2. The van der Waals surface area contributed by atoms with Crippen LogP contribution < -0.4 is 5.32 Å². The maximum atomic E-state index is 13.5. The summed E-state index contributed by atoms with van der Waals surface area (Å²) in [5.74, 6) is -2.14. The molecular weight excluding hydrogens is 536 g/mol. The van der Waals surface area contributed by atoms with Crippen molar-refractivity contribution in [2.75, 3.05) is 12.0 Å². The summed E-state index contributed by atoms with van der Waals surface area (Å²) in [6.07, 6.45) is 4.10. The van der Waals surface area contributed by atoms with Crippen LogP contribution in [-0.4, -0.2) is 59.9 Å². The van der Waals surface area contributed by atoms with E-state index in [1.165, 1.54) is 5.56 Å². The number of carboxylic acid groups (broad SMARTS) is 1. The largest absolute Gasteiger partial charge is 0.480 e. The summed E-state index contributed by atoms with van der Waals surface area (Å²) in [5.41, 5.74) is 5.46. The minimum Gasteiger partial charge on any atom is -0.480 e. The van der Waals surface area contributed by atoms with Crippen LogP contribution in [0.15, 0.2) is 72.8 Å². The van der Waals surface area contributed by atoms with E-state index < -0.39 is 27.8 Å². The van der Waals surface area contributed by atoms with Crippen molar-refractivity contribution >= 4 is 21.7 Å². The Morgan fingerprint density at radius 1 is 0.951 bits per heavy atom. The van der Waals surface area contributed by atoms with Crippen LogP contribution in [0.4, 0.5) is 0 Å². The van der Waals surface area contributed by atoms with E-state index >= 15 is 0 Å². The van der Waals surface area contributed by atoms with Crippen molar-refractivity contribution in [3.63, 3.8) is 0 Å². The molecule has 0 heterocycles. The Hall–Kier alpha value is -3.49. The fourth-order valence-electron chi connectivity index (χ4n) is 5.59. The lowest BCUT2D eigenvalue weighted by Gasteiger charge is -2.36. The average Bonchev–Trinajstić information content (AvgIpc) is 3.69. The van der Waals surface area contributed by atoms with Crippen molar-refractivity contribution in [3.05, 3.63) is 95.1 Å². The first-order chi connectivity index (χ1) is 19.4. The third kappa shape index (κ3) is 7.83. The maximum absolute atomic E-state index is 13.5. The number of nitrogens with zero attached hydrogens (tertiary/aromatic N) is 1. The third-order valence-electron chi connectivity index (χ3n) is 7.93. The molecule has 1 amide bonds. The Labute approximate surface area is 243 Å². The number of hydrogen-bond acceptors (Lipinski definition) is 5. The van der Waals surface area contributed by atoms with Gasteiger partial charge in [0.1, 0.15) is 15.9 Å². The second kappa shape index (κ2) is 12.6. The van der Waals surface area contributed by atoms with E-state index in [1.54, 1.807) is 6.07 Å². The van der Waals surface area contributed by atoms with E-state index in [0.29, 0.717) is 11.6 Å². The van der Waals surface area contributed by atoms with Gasteiger partial charge in [0.2, 0.25) is 0 Å². The minimum atomic E-state index is -3.38. The Kier molecular flexibility index (Phi) is 9.34. The van der Waals surface area contributed by atoms with Crippen LogP contribution >= 0.6 is 0 Å². The third-order valence-corrected chi connectivity index (χ3v) is 8.91. The normalized spacial score (nSPS) is 15.1. The molecule has 3 aromatic carbocycles. The first-order valence-corrected chi connectivity index (χ1v) is 16.2. The van der Waals surface area contributed by atoms with Gasteiger partial charge in [-0.25, -0.2) is 13.2 Å². The van der Waals surface area contributed by atoms with Crippen molar-refractivity contribution in [1.29, 1.82) is 0 Å². The molecule has 7 nitrogen and oxygen atoms in total. The highest BCUT2D eigenvalue weighted by Crippen LogP contribution is 2.46. The maximum Gasteiger partial charge on any atom is 0.326 e. The number of nitrogens with one attached hydrogen (secondary N) is 1. The number of hydrogen-bond donors (Lipinski definition) is 2. The molecule has 41 heavy (non-hydrogen) atoms. The molecule has 0 spiro atoms. The molecule has 4 rings (SSSR count). The molecule has 0 bridgehead atoms. The summed E-state index contributed by atoms with van der Waals surface area (Å²) in [6.45, 7) is 7.14. The molecular formula is C33H40N2O5S. The summed E-state index contributed by atoms with van der Waals surface area (Å²) in [7, 11) is -3.38. The zero-order chi connectivity index (χ0) is 29.8. The molecule has 2 N–H and O–H groups in total. The Balaban J connectivity index is 1.65. The number of rotatable bonds is 13. The van der Waals surface area contributed by atoms with E-state index in [0.717, 1.165) is 54.3 Å². The van der Waals surface area contributed by atoms with Crippen molar-refractivity contribution in [1.82, 2.24) is 10.2 Å². The van der Waals surface area contributed by atoms with E-state index in [-0.39, 0.29) is 17.7 Å². The van der Waals surface area contributed by atoms with Crippen LogP contribution in [0.2, 0.25) is 0 Å². The highest BCUT2D eigenvalue weighted by Gasteiger charge is 2.48. The zero-order valence-electron chi connectivity index (χ0n) is 24.3. The first kappa shape index (κ1) is 30.5. The molecule has 8 heteroatoms. The summed E-state index contributed by atoms with van der Waals surface area (Å²) >= 11 is 0. The van der Waals surface area contributed by atoms with Gasteiger partial charge in [0, 0.05) is 29.9 Å². The SMILES string of the molecule is Cc1ccccc1-c1cc(CN(C(C)C)C2(Cc3ccccc3)CC2)ccc1C(=O)NC(CCS(C)(=O)=O)C(=O)O. The molecule has 0 saturated heterocycles. The number of aryl methyl sites for hydroxylation is 1. The number of amides is 1. The van der Waals surface area contributed by atoms with E-state index in [2.05, 4.69) is 48.3 Å². The van der Waals surface area contributed by atoms with Crippen molar-refractivity contribution < 1.29 is 23.1 Å². The predicted molar refractivity (Wildman–Crippen MR) is 163 cm³/mol. The second-order valence-electron chi connectivity index (χ2n) is 11.6. The highest BCUT2D eigenvalue weighted by molar-refractivity contribution is 7.90. The van der Waals surface area contributed by atoms with E-state index in [4.69, 9.17) is 0 Å². The standard InChI is InChI=1S/C33H40N2O5S/c1-23(2)35(33(17-18-33)21-25-11-6-5-7-12-25)22-26-14-15-28(29(20-26)27-13-9-8-10-24(27)3)31(36)34-30(32(37)38)16-19-41(4,39)40/h5-15,20,23,30H,16-19,21-22H2,1-4H3,(H,34,36)(H,37,38). The van der Waals surface area contributed by atoms with E-state index in [9.17, 15) is 23.1 Å². The number of benzene rings is 3. The molecule has 1 aliphatic rings. The van der Waals surface area contributed by atoms with Gasteiger partial charge in [-0.1, -0.05) is 60.7 Å². The van der Waals surface area contributed by atoms with Crippen molar-refractivity contribution in [2.45, 2.75) is 70.6 Å². The van der Waals surface area contributed by atoms with Gasteiger partial charge in [-0.2, -0.15) is 0 Å². The number of carbonyl (C=O) groups is 2. The molecule has 218 valence electrons. The lowest BCUT2D eigenvalue weighted by molar-refractivity contribution is -0.139. The van der Waals surface area contributed by atoms with Gasteiger partial charge in [-0.05, 0) is 86.4 Å². The molecule has 3 aromatic rings. The smallest absolute Gasteiger partial charge is 0.326 e. The molecule has 1 aliphatic carbocycles. The van der Waals surface area contributed by atoms with Crippen LogP contribution in [0.5, 0.6) is 0 Å². The Bertz CT molecular complexity index is 1500. The first-order valence-electron chi connectivity index (χ1n) is 14.1. The van der Waals surface area contributed by atoms with Gasteiger partial charge in [0.25, 0.3) is 5.91 Å². The summed E-state index contributed by atoms with van der Waals surface area (Å²) in [6, 6.07) is 23.1. The van der Waals surface area contributed by atoms with Crippen molar-refractivity contribution in [2.24, 2.45) is 0 Å². The second-order valence-corrected chi connectivity index (χ2v) is 13.8. The predicted octanol–water partition coefficient (Wildman–Crippen LogP) is 5.27. The van der Waals surface area contributed by atoms with Crippen LogP contribution in [0.1, 0.15) is 60.2 Å². The van der Waals surface area contributed by atoms with Crippen molar-refractivity contribution in [3.8, 4) is 11.1 Å². The minimum absolute atomic E-state index is 0.0999. The number of carboxylic acids is 1. The molecule has 1 unspecified atom stereocenters. The zero-order valence-corrected chi connectivity index (χ0v) is 25.1. The molecule has 0 aromatic heterocycles. The fourth-order valence-corrected chi connectivity index (χ4v) is 6.26. The van der Waals surface area contributed by atoms with Gasteiger partial charge in [0.15, 0.2) is 0 Å². The Morgan fingerprint density at radius 2 is 1.61 bits per heavy atom. The van der Waals surface area contributed by atoms with Crippen LogP contribution in [0.25, 0.3) is 11.1 Å². The molecule has 1 fully saturated rings. The van der Waals surface area contributed by atoms with Crippen LogP contribution in [0, 0.1) is 6.92 Å². The molecule has 0 aliphatic heterocycles. The highest BCUT2D eigenvalue weighted by atomic mass is 32.2. The van der Waals surface area contributed by atoms with Gasteiger partial charge < -0.3 is 10.4 Å². The Morgan fingerprint density at radius 3 is 2.20 bits per heavy atom. The monoisotopic (exact) mass is 576 g/mol. The van der Waals surface area contributed by atoms with Crippen LogP contribution in [-0.2, 0) is 27.6 Å². The summed E-state index contributed by atoms with van der Waals surface area (Å²) < 4.78 is 23.3.